The van der Waals surface area contributed by atoms with E-state index in [9.17, 15) is 30.6 Å². The van der Waals surface area contributed by atoms with Crippen LogP contribution in [0.15, 0.2) is 133 Å². The number of benzene rings is 10. The van der Waals surface area contributed by atoms with E-state index in [1.54, 1.807) is 36.4 Å². The number of ether oxygens (including phenoxy) is 2. The molecule has 66 heavy (non-hydrogen) atoms. The SMILES string of the molecule is Oc1ccc2c3c(ccc2c1)Oc1ccc2c(-c4cccc5c6c(c(O)cc45)Oc4c(O)cc5ccccc5c4C6c4cc(I)c(O)c(I)c4)cc(O)cc2c1C3c1cc(I)c(O)c(I)c1. The molecule has 322 valence electrons. The summed E-state index contributed by atoms with van der Waals surface area (Å²) < 4.78 is 16.0. The maximum Gasteiger partial charge on any atom is 0.174 e. The van der Waals surface area contributed by atoms with Gasteiger partial charge in [0.1, 0.15) is 34.5 Å². The lowest BCUT2D eigenvalue weighted by molar-refractivity contribution is 0.372. The lowest BCUT2D eigenvalue weighted by Crippen LogP contribution is -2.14. The molecule has 2 aliphatic rings. The van der Waals surface area contributed by atoms with Gasteiger partial charge in [0.25, 0.3) is 0 Å². The van der Waals surface area contributed by atoms with Gasteiger partial charge in [0.2, 0.25) is 0 Å². The zero-order valence-electron chi connectivity index (χ0n) is 33.9. The number of hydrogen-bond acceptors (Lipinski definition) is 8. The summed E-state index contributed by atoms with van der Waals surface area (Å²) in [6, 6.07) is 41.6. The maximum atomic E-state index is 12.2. The van der Waals surface area contributed by atoms with Crippen molar-refractivity contribution in [2.75, 3.05) is 0 Å². The molecular weight excluding hydrogens is 1280 g/mol. The molecule has 8 nitrogen and oxygen atoms in total. The molecule has 0 saturated heterocycles. The Balaban J connectivity index is 1.14. The first kappa shape index (κ1) is 42.0. The monoisotopic (exact) mass is 1310 g/mol. The summed E-state index contributed by atoms with van der Waals surface area (Å²) >= 11 is 8.59. The van der Waals surface area contributed by atoms with Crippen molar-refractivity contribution in [1.29, 1.82) is 0 Å². The van der Waals surface area contributed by atoms with Gasteiger partial charge in [0.15, 0.2) is 23.0 Å². The lowest BCUT2D eigenvalue weighted by Gasteiger charge is -2.33. The van der Waals surface area contributed by atoms with E-state index in [4.69, 9.17) is 9.47 Å². The van der Waals surface area contributed by atoms with Crippen molar-refractivity contribution >= 4 is 133 Å². The highest BCUT2D eigenvalue weighted by Gasteiger charge is 2.38. The van der Waals surface area contributed by atoms with Crippen molar-refractivity contribution in [3.63, 3.8) is 0 Å². The molecule has 0 saturated carbocycles. The molecule has 2 aliphatic heterocycles. The summed E-state index contributed by atoms with van der Waals surface area (Å²) in [5.41, 5.74) is 6.34. The zero-order valence-corrected chi connectivity index (χ0v) is 42.5. The van der Waals surface area contributed by atoms with Crippen LogP contribution in [0.5, 0.6) is 57.5 Å². The summed E-state index contributed by atoms with van der Waals surface area (Å²) in [7, 11) is 0. The van der Waals surface area contributed by atoms with E-state index < -0.39 is 11.8 Å². The molecule has 0 fully saturated rings. The Morgan fingerprint density at radius 3 is 1.61 bits per heavy atom. The molecule has 0 aromatic heterocycles. The highest BCUT2D eigenvalue weighted by molar-refractivity contribution is 14.1. The first-order valence-corrected chi connectivity index (χ1v) is 25.0. The maximum absolute atomic E-state index is 12.2. The van der Waals surface area contributed by atoms with E-state index >= 15 is 0 Å². The molecule has 10 aromatic rings. The van der Waals surface area contributed by atoms with Crippen LogP contribution in [0.1, 0.15) is 45.2 Å². The minimum Gasteiger partial charge on any atom is -0.508 e. The lowest BCUT2D eigenvalue weighted by atomic mass is 9.77. The van der Waals surface area contributed by atoms with Crippen LogP contribution in [0.2, 0.25) is 0 Å². The summed E-state index contributed by atoms with van der Waals surface area (Å²) in [6.07, 6.45) is 0. The third-order valence-corrected chi connectivity index (χ3v) is 16.2. The van der Waals surface area contributed by atoms with Gasteiger partial charge in [-0.05, 0) is 229 Å². The Kier molecular flexibility index (Phi) is 9.89. The molecule has 10 aromatic carbocycles. The summed E-state index contributed by atoms with van der Waals surface area (Å²) in [4.78, 5) is 0. The van der Waals surface area contributed by atoms with Crippen LogP contribution in [-0.2, 0) is 0 Å². The number of phenolic OH excluding ortho intramolecular Hbond substituents is 6. The van der Waals surface area contributed by atoms with Crippen LogP contribution < -0.4 is 9.47 Å². The molecule has 0 amide bonds. The van der Waals surface area contributed by atoms with E-state index in [0.29, 0.717) is 42.3 Å². The smallest absolute Gasteiger partial charge is 0.174 e. The number of hydrogen-bond donors (Lipinski definition) is 6. The van der Waals surface area contributed by atoms with Crippen LogP contribution in [0.25, 0.3) is 54.2 Å². The normalized spacial score (nSPS) is 15.0. The number of phenols is 6. The second-order valence-electron chi connectivity index (χ2n) is 16.6. The fraction of sp³-hybridized carbons (Fsp3) is 0.0370. The van der Waals surface area contributed by atoms with E-state index in [2.05, 4.69) is 90.4 Å². The van der Waals surface area contributed by atoms with Crippen molar-refractivity contribution in [2.45, 2.75) is 11.8 Å². The van der Waals surface area contributed by atoms with Gasteiger partial charge in [-0.15, -0.1) is 0 Å². The second-order valence-corrected chi connectivity index (χ2v) is 21.2. The minimum atomic E-state index is -0.563. The van der Waals surface area contributed by atoms with Gasteiger partial charge in [0.05, 0.1) is 14.3 Å². The van der Waals surface area contributed by atoms with Gasteiger partial charge in [-0.1, -0.05) is 60.7 Å². The third-order valence-electron chi connectivity index (χ3n) is 12.9. The highest BCUT2D eigenvalue weighted by Crippen LogP contribution is 2.60. The van der Waals surface area contributed by atoms with E-state index in [1.807, 2.05) is 97.1 Å². The fourth-order valence-electron chi connectivity index (χ4n) is 10.2. The molecule has 2 atom stereocenters. The second kappa shape index (κ2) is 15.6. The van der Waals surface area contributed by atoms with Gasteiger partial charge in [0, 0.05) is 34.1 Å². The minimum absolute atomic E-state index is 0.0256. The van der Waals surface area contributed by atoms with E-state index in [0.717, 1.165) is 71.1 Å². The van der Waals surface area contributed by atoms with Crippen LogP contribution in [0.3, 0.4) is 0 Å². The van der Waals surface area contributed by atoms with E-state index in [1.165, 1.54) is 0 Å². The van der Waals surface area contributed by atoms with Gasteiger partial charge < -0.3 is 40.1 Å². The van der Waals surface area contributed by atoms with Crippen molar-refractivity contribution < 1.29 is 40.1 Å². The fourth-order valence-corrected chi connectivity index (χ4v) is 13.8. The molecule has 6 N–H and O–H groups in total. The predicted molar refractivity (Wildman–Crippen MR) is 291 cm³/mol. The number of rotatable bonds is 3. The summed E-state index contributed by atoms with van der Waals surface area (Å²) in [5, 5.41) is 74.5. The molecular formula is C54H30I4O8. The summed E-state index contributed by atoms with van der Waals surface area (Å²) in [5.74, 6) is 1.11. The number of aromatic hydroxyl groups is 6. The topological polar surface area (TPSA) is 140 Å². The molecule has 0 aliphatic carbocycles. The Bertz CT molecular complexity index is 3770. The van der Waals surface area contributed by atoms with Crippen molar-refractivity contribution in [3.8, 4) is 68.6 Å². The molecule has 12 rings (SSSR count). The quantitative estimate of drug-likeness (QED) is 0.0962. The Hall–Kier alpha value is -5.44. The third kappa shape index (κ3) is 6.37. The molecule has 2 heterocycles. The van der Waals surface area contributed by atoms with Crippen LogP contribution >= 0.6 is 90.4 Å². The number of halogens is 4. The summed E-state index contributed by atoms with van der Waals surface area (Å²) in [6.45, 7) is 0. The number of fused-ring (bicyclic) bond motifs is 12. The average Bonchev–Trinajstić information content (AvgIpc) is 3.30. The largest absolute Gasteiger partial charge is 0.508 e. The Morgan fingerprint density at radius 1 is 0.364 bits per heavy atom. The van der Waals surface area contributed by atoms with Crippen molar-refractivity contribution in [1.82, 2.24) is 0 Å². The molecule has 12 heteroatoms. The average molecular weight is 1310 g/mol. The molecule has 0 spiro atoms. The highest BCUT2D eigenvalue weighted by atomic mass is 127. The predicted octanol–water partition coefficient (Wildman–Crippen LogP) is 15.2. The van der Waals surface area contributed by atoms with Crippen molar-refractivity contribution in [3.05, 3.63) is 181 Å². The van der Waals surface area contributed by atoms with Crippen LogP contribution in [0, 0.1) is 14.3 Å². The zero-order chi connectivity index (χ0) is 45.4. The molecule has 2 unspecified atom stereocenters. The van der Waals surface area contributed by atoms with Crippen molar-refractivity contribution in [2.24, 2.45) is 0 Å². The van der Waals surface area contributed by atoms with Gasteiger partial charge in [-0.3, -0.25) is 0 Å². The van der Waals surface area contributed by atoms with Gasteiger partial charge in [-0.2, -0.15) is 0 Å². The molecule has 0 radical (unpaired) electrons. The van der Waals surface area contributed by atoms with Crippen LogP contribution in [0.4, 0.5) is 0 Å². The first-order chi connectivity index (χ1) is 31.8. The Morgan fingerprint density at radius 2 is 0.909 bits per heavy atom. The Labute approximate surface area is 430 Å². The van der Waals surface area contributed by atoms with Gasteiger partial charge >= 0.3 is 0 Å². The first-order valence-electron chi connectivity index (χ1n) is 20.6. The molecule has 0 bridgehead atoms. The van der Waals surface area contributed by atoms with Gasteiger partial charge in [-0.25, -0.2) is 0 Å². The van der Waals surface area contributed by atoms with Crippen LogP contribution in [-0.4, -0.2) is 30.6 Å². The standard InChI is InChI=1S/C54H30I4O8/c55-37-15-25(16-38(56)51(37)63)45-47-30-10-9-27(59)14-24(30)8-12-43(47)65-44-13-11-32-34(20-28(60)21-36(32)48(44)45)31-6-3-7-33-35(31)22-42(62)54-50(33)46(26-17-39(57)52(64)40(58)18-26)49-29-5-2-1-4-23(29)19-41(61)53(49)66-54/h1-22,45-46,59-64H. The van der Waals surface area contributed by atoms with E-state index in [-0.39, 0.29) is 46.0 Å².